The number of aromatic amines is 1. The predicted octanol–water partition coefficient (Wildman–Crippen LogP) is 3.85. The Morgan fingerprint density at radius 1 is 1.35 bits per heavy atom. The van der Waals surface area contributed by atoms with E-state index < -0.39 is 5.97 Å². The molecule has 0 unspecified atom stereocenters. The van der Waals surface area contributed by atoms with E-state index in [1.165, 1.54) is 0 Å². The first kappa shape index (κ1) is 12.9. The van der Waals surface area contributed by atoms with Crippen LogP contribution in [0, 0.1) is 6.92 Å². The molecule has 102 valence electrons. The first-order chi connectivity index (χ1) is 9.60. The molecule has 1 N–H and O–H groups in total. The maximum absolute atomic E-state index is 11.8. The van der Waals surface area contributed by atoms with Gasteiger partial charge in [0.25, 0.3) is 0 Å². The molecule has 0 saturated heterocycles. The van der Waals surface area contributed by atoms with Gasteiger partial charge in [0, 0.05) is 21.3 Å². The van der Waals surface area contributed by atoms with Crippen molar-refractivity contribution in [2.45, 2.75) is 13.8 Å². The number of hydrogen-bond donors (Lipinski definition) is 1. The van der Waals surface area contributed by atoms with Crippen LogP contribution >= 0.6 is 11.6 Å². The topological polar surface area (TPSA) is 55.0 Å². The Balaban J connectivity index is 2.27. The van der Waals surface area contributed by atoms with E-state index in [0.717, 1.165) is 27.4 Å². The fraction of sp³-hybridized carbons (Fsp3) is 0.200. The molecule has 0 aliphatic carbocycles. The summed E-state index contributed by atoms with van der Waals surface area (Å²) in [7, 11) is 0. The summed E-state index contributed by atoms with van der Waals surface area (Å²) in [6, 6.07) is 5.53. The summed E-state index contributed by atoms with van der Waals surface area (Å²) in [5.41, 5.74) is 3.24. The molecule has 0 radical (unpaired) electrons. The summed E-state index contributed by atoms with van der Waals surface area (Å²) in [5, 5.41) is 2.58. The molecule has 2 aromatic heterocycles. The number of aromatic nitrogens is 2. The van der Waals surface area contributed by atoms with Crippen LogP contribution in [-0.2, 0) is 4.74 Å². The summed E-state index contributed by atoms with van der Waals surface area (Å²) in [6.45, 7) is 4.09. The minimum Gasteiger partial charge on any atom is -0.461 e. The van der Waals surface area contributed by atoms with E-state index in [2.05, 4.69) is 9.97 Å². The monoisotopic (exact) mass is 288 g/mol. The van der Waals surface area contributed by atoms with Gasteiger partial charge >= 0.3 is 5.97 Å². The van der Waals surface area contributed by atoms with Gasteiger partial charge in [0.1, 0.15) is 5.69 Å². The Labute approximate surface area is 120 Å². The first-order valence-electron chi connectivity index (χ1n) is 6.35. The van der Waals surface area contributed by atoms with Gasteiger partial charge in [-0.3, -0.25) is 0 Å². The number of benzene rings is 1. The van der Waals surface area contributed by atoms with Crippen LogP contribution in [0.2, 0.25) is 5.02 Å². The lowest BCUT2D eigenvalue weighted by atomic mass is 10.1. The molecule has 0 fully saturated rings. The van der Waals surface area contributed by atoms with Gasteiger partial charge in [0.15, 0.2) is 0 Å². The van der Waals surface area contributed by atoms with Crippen molar-refractivity contribution in [2.24, 2.45) is 0 Å². The summed E-state index contributed by atoms with van der Waals surface area (Å²) >= 11 is 6.11. The van der Waals surface area contributed by atoms with Gasteiger partial charge in [-0.15, -0.1) is 0 Å². The molecule has 0 aliphatic rings. The quantitative estimate of drug-likeness (QED) is 0.729. The number of fused-ring (bicyclic) bond motifs is 3. The highest BCUT2D eigenvalue weighted by molar-refractivity contribution is 6.32. The van der Waals surface area contributed by atoms with Crippen LogP contribution in [0.1, 0.15) is 23.0 Å². The van der Waals surface area contributed by atoms with E-state index in [9.17, 15) is 4.79 Å². The number of halogens is 1. The Kier molecular flexibility index (Phi) is 3.10. The van der Waals surface area contributed by atoms with E-state index in [1.54, 1.807) is 19.2 Å². The Morgan fingerprint density at radius 2 is 2.15 bits per heavy atom. The van der Waals surface area contributed by atoms with Crippen LogP contribution in [-0.4, -0.2) is 22.5 Å². The molecular weight excluding hydrogens is 276 g/mol. The number of pyridine rings is 1. The molecule has 0 amide bonds. The second-order valence-electron chi connectivity index (χ2n) is 4.61. The van der Waals surface area contributed by atoms with Crippen LogP contribution in [0.5, 0.6) is 0 Å². The minimum absolute atomic E-state index is 0.304. The molecule has 3 aromatic rings. The van der Waals surface area contributed by atoms with Crippen molar-refractivity contribution in [3.05, 3.63) is 40.7 Å². The summed E-state index contributed by atoms with van der Waals surface area (Å²) in [4.78, 5) is 19.2. The average Bonchev–Trinajstić information content (AvgIpc) is 2.77. The lowest BCUT2D eigenvalue weighted by Gasteiger charge is -2.01. The van der Waals surface area contributed by atoms with E-state index >= 15 is 0 Å². The van der Waals surface area contributed by atoms with Crippen molar-refractivity contribution in [1.82, 2.24) is 9.97 Å². The SMILES string of the molecule is CCOC(=O)c1cc2c(cn1)[nH]c1c(C)cc(Cl)cc12. The summed E-state index contributed by atoms with van der Waals surface area (Å²) < 4.78 is 4.98. The zero-order valence-corrected chi connectivity index (χ0v) is 11.9. The van der Waals surface area contributed by atoms with Crippen molar-refractivity contribution in [2.75, 3.05) is 6.61 Å². The third-order valence-electron chi connectivity index (χ3n) is 3.24. The molecular formula is C15H13ClN2O2. The predicted molar refractivity (Wildman–Crippen MR) is 79.3 cm³/mol. The zero-order chi connectivity index (χ0) is 14.3. The fourth-order valence-electron chi connectivity index (χ4n) is 2.35. The van der Waals surface area contributed by atoms with E-state index in [4.69, 9.17) is 16.3 Å². The van der Waals surface area contributed by atoms with Gasteiger partial charge in [0.05, 0.1) is 18.3 Å². The highest BCUT2D eigenvalue weighted by atomic mass is 35.5. The number of esters is 1. The molecule has 5 heteroatoms. The average molecular weight is 289 g/mol. The lowest BCUT2D eigenvalue weighted by Crippen LogP contribution is -2.06. The van der Waals surface area contributed by atoms with Crippen molar-refractivity contribution < 1.29 is 9.53 Å². The Morgan fingerprint density at radius 3 is 2.90 bits per heavy atom. The molecule has 0 aliphatic heterocycles. The lowest BCUT2D eigenvalue weighted by molar-refractivity contribution is 0.0520. The van der Waals surface area contributed by atoms with E-state index in [-0.39, 0.29) is 0 Å². The second kappa shape index (κ2) is 4.80. The molecule has 0 bridgehead atoms. The number of aryl methyl sites for hydroxylation is 1. The standard InChI is InChI=1S/C15H13ClN2O2/c1-3-20-15(19)12-6-10-11-5-9(16)4-8(2)14(11)18-13(10)7-17-12/h4-7,18H,3H2,1-2H3. The number of hydrogen-bond acceptors (Lipinski definition) is 3. The molecule has 20 heavy (non-hydrogen) atoms. The number of nitrogens with zero attached hydrogens (tertiary/aromatic N) is 1. The summed E-state index contributed by atoms with van der Waals surface area (Å²) in [6.07, 6.45) is 1.65. The van der Waals surface area contributed by atoms with E-state index in [0.29, 0.717) is 17.3 Å². The van der Waals surface area contributed by atoms with Crippen LogP contribution in [0.3, 0.4) is 0 Å². The highest BCUT2D eigenvalue weighted by Gasteiger charge is 2.13. The van der Waals surface area contributed by atoms with E-state index in [1.807, 2.05) is 19.1 Å². The van der Waals surface area contributed by atoms with Gasteiger partial charge in [-0.05, 0) is 37.6 Å². The second-order valence-corrected chi connectivity index (χ2v) is 5.04. The number of carbonyl (C=O) groups excluding carboxylic acids is 1. The number of ether oxygens (including phenoxy) is 1. The maximum Gasteiger partial charge on any atom is 0.356 e. The van der Waals surface area contributed by atoms with Crippen LogP contribution < -0.4 is 0 Å². The van der Waals surface area contributed by atoms with Crippen molar-refractivity contribution in [3.8, 4) is 0 Å². The molecule has 2 heterocycles. The van der Waals surface area contributed by atoms with Crippen LogP contribution in [0.15, 0.2) is 24.4 Å². The van der Waals surface area contributed by atoms with Crippen molar-refractivity contribution in [3.63, 3.8) is 0 Å². The third kappa shape index (κ3) is 2.02. The molecule has 1 aromatic carbocycles. The molecule has 0 atom stereocenters. The van der Waals surface area contributed by atoms with Crippen molar-refractivity contribution >= 4 is 39.4 Å². The third-order valence-corrected chi connectivity index (χ3v) is 3.46. The van der Waals surface area contributed by atoms with Crippen LogP contribution in [0.25, 0.3) is 21.8 Å². The van der Waals surface area contributed by atoms with Gasteiger partial charge in [0.2, 0.25) is 0 Å². The molecule has 0 saturated carbocycles. The number of nitrogens with one attached hydrogen (secondary N) is 1. The normalized spacial score (nSPS) is 11.2. The van der Waals surface area contributed by atoms with Gasteiger partial charge < -0.3 is 9.72 Å². The number of H-pyrrole nitrogens is 1. The summed E-state index contributed by atoms with van der Waals surface area (Å²) in [5.74, 6) is -0.414. The number of carbonyl (C=O) groups is 1. The van der Waals surface area contributed by atoms with Gasteiger partial charge in [-0.1, -0.05) is 11.6 Å². The minimum atomic E-state index is -0.414. The molecule has 0 spiro atoms. The Hall–Kier alpha value is -2.07. The van der Waals surface area contributed by atoms with Gasteiger partial charge in [-0.2, -0.15) is 0 Å². The first-order valence-corrected chi connectivity index (χ1v) is 6.72. The highest BCUT2D eigenvalue weighted by Crippen LogP contribution is 2.30. The molecule has 3 rings (SSSR count). The largest absolute Gasteiger partial charge is 0.461 e. The number of rotatable bonds is 2. The maximum atomic E-state index is 11.8. The molecule has 4 nitrogen and oxygen atoms in total. The smallest absolute Gasteiger partial charge is 0.356 e. The zero-order valence-electron chi connectivity index (χ0n) is 11.2. The fourth-order valence-corrected chi connectivity index (χ4v) is 2.62. The Bertz CT molecular complexity index is 823. The van der Waals surface area contributed by atoms with Crippen molar-refractivity contribution in [1.29, 1.82) is 0 Å². The van der Waals surface area contributed by atoms with Gasteiger partial charge in [-0.25, -0.2) is 9.78 Å². The van der Waals surface area contributed by atoms with Crippen LogP contribution in [0.4, 0.5) is 0 Å².